The average Bonchev–Trinajstić information content (AvgIpc) is 3.04. The summed E-state index contributed by atoms with van der Waals surface area (Å²) in [5.74, 6) is -1.25. The Morgan fingerprint density at radius 1 is 1.21 bits per heavy atom. The molecule has 0 aromatic heterocycles. The zero-order valence-corrected chi connectivity index (χ0v) is 16.6. The van der Waals surface area contributed by atoms with E-state index in [0.29, 0.717) is 11.3 Å². The van der Waals surface area contributed by atoms with Crippen LogP contribution in [0.25, 0.3) is 0 Å². The maximum absolute atomic E-state index is 12.8. The first kappa shape index (κ1) is 20.9. The van der Waals surface area contributed by atoms with Crippen LogP contribution >= 0.6 is 0 Å². The van der Waals surface area contributed by atoms with Gasteiger partial charge in [0.15, 0.2) is 0 Å². The number of hydrogen-bond acceptors (Lipinski definition) is 6. The van der Waals surface area contributed by atoms with Gasteiger partial charge in [0.05, 0.1) is 37.1 Å². The van der Waals surface area contributed by atoms with E-state index < -0.39 is 11.9 Å². The number of nitrogens with one attached hydrogen (secondary N) is 2. The Bertz CT molecular complexity index is 814. The Balaban J connectivity index is 1.83. The molecule has 1 saturated carbocycles. The van der Waals surface area contributed by atoms with Crippen molar-refractivity contribution in [3.8, 4) is 0 Å². The Kier molecular flexibility index (Phi) is 6.87. The van der Waals surface area contributed by atoms with E-state index in [2.05, 4.69) is 10.6 Å². The van der Waals surface area contributed by atoms with Crippen LogP contribution in [0.4, 0.5) is 5.69 Å². The minimum absolute atomic E-state index is 0.0465. The predicted octanol–water partition coefficient (Wildman–Crippen LogP) is 1.42. The summed E-state index contributed by atoms with van der Waals surface area (Å²) >= 11 is 0. The number of anilines is 1. The van der Waals surface area contributed by atoms with Gasteiger partial charge in [-0.15, -0.1) is 0 Å². The molecule has 3 rings (SSSR count). The molecule has 29 heavy (non-hydrogen) atoms. The molecule has 0 bridgehead atoms. The number of benzene rings is 1. The van der Waals surface area contributed by atoms with Gasteiger partial charge in [0.25, 0.3) is 11.8 Å². The van der Waals surface area contributed by atoms with Crippen LogP contribution in [0.1, 0.15) is 42.5 Å². The zero-order valence-electron chi connectivity index (χ0n) is 16.6. The summed E-state index contributed by atoms with van der Waals surface area (Å²) in [6.07, 6.45) is 5.34. The van der Waals surface area contributed by atoms with Crippen molar-refractivity contribution in [2.24, 2.45) is 0 Å². The smallest absolute Gasteiger partial charge is 0.337 e. The van der Waals surface area contributed by atoms with Gasteiger partial charge < -0.3 is 25.4 Å². The van der Waals surface area contributed by atoms with Crippen LogP contribution in [-0.2, 0) is 14.3 Å². The van der Waals surface area contributed by atoms with E-state index in [1.54, 1.807) is 24.3 Å². The van der Waals surface area contributed by atoms with Crippen molar-refractivity contribution in [3.05, 3.63) is 41.1 Å². The second kappa shape index (κ2) is 9.56. The second-order valence-electron chi connectivity index (χ2n) is 7.27. The number of esters is 1. The number of para-hydroxylation sites is 1. The molecule has 1 heterocycles. The minimum Gasteiger partial charge on any atom is -0.466 e. The molecule has 1 fully saturated rings. The van der Waals surface area contributed by atoms with Crippen molar-refractivity contribution in [1.29, 1.82) is 0 Å². The summed E-state index contributed by atoms with van der Waals surface area (Å²) in [5, 5.41) is 15.2. The number of amides is 2. The van der Waals surface area contributed by atoms with Gasteiger partial charge in [0.1, 0.15) is 5.70 Å². The number of aliphatic hydroxyl groups is 1. The van der Waals surface area contributed by atoms with E-state index in [4.69, 9.17) is 4.74 Å². The van der Waals surface area contributed by atoms with Gasteiger partial charge in [0.2, 0.25) is 0 Å². The average molecular weight is 401 g/mol. The zero-order chi connectivity index (χ0) is 20.8. The van der Waals surface area contributed by atoms with E-state index in [-0.39, 0.29) is 42.9 Å². The van der Waals surface area contributed by atoms with Crippen molar-refractivity contribution in [2.75, 3.05) is 32.1 Å². The lowest BCUT2D eigenvalue weighted by atomic mass is 9.95. The van der Waals surface area contributed by atoms with E-state index in [9.17, 15) is 19.5 Å². The van der Waals surface area contributed by atoms with Crippen LogP contribution in [0, 0.1) is 0 Å². The molecular formula is C21H27N3O5. The number of nitrogens with zero attached hydrogens (tertiary/aromatic N) is 1. The largest absolute Gasteiger partial charge is 0.466 e. The van der Waals surface area contributed by atoms with Crippen molar-refractivity contribution in [3.63, 3.8) is 0 Å². The highest BCUT2D eigenvalue weighted by Crippen LogP contribution is 2.25. The fraction of sp³-hybridized carbons (Fsp3) is 0.476. The van der Waals surface area contributed by atoms with Crippen LogP contribution in [0.2, 0.25) is 0 Å². The van der Waals surface area contributed by atoms with Gasteiger partial charge in [-0.25, -0.2) is 4.79 Å². The molecule has 8 nitrogen and oxygen atoms in total. The van der Waals surface area contributed by atoms with Gasteiger partial charge in [-0.2, -0.15) is 0 Å². The summed E-state index contributed by atoms with van der Waals surface area (Å²) in [6.45, 7) is -0.0625. The van der Waals surface area contributed by atoms with Crippen LogP contribution in [0.3, 0.4) is 0 Å². The van der Waals surface area contributed by atoms with Gasteiger partial charge >= 0.3 is 5.97 Å². The minimum atomic E-state index is -0.620. The molecule has 1 aromatic rings. The molecule has 0 spiro atoms. The van der Waals surface area contributed by atoms with E-state index in [0.717, 1.165) is 25.7 Å². The Labute approximate surface area is 169 Å². The Morgan fingerprint density at radius 2 is 1.93 bits per heavy atom. The highest BCUT2D eigenvalue weighted by atomic mass is 16.5. The number of β-amino-alcohol motifs (C(OH)–C–C–N with tert-alkyl or cyclic N) is 1. The van der Waals surface area contributed by atoms with Crippen molar-refractivity contribution in [1.82, 2.24) is 10.2 Å². The summed E-state index contributed by atoms with van der Waals surface area (Å²) in [5.41, 5.74) is 1.09. The van der Waals surface area contributed by atoms with E-state index in [1.165, 1.54) is 18.4 Å². The van der Waals surface area contributed by atoms with Crippen molar-refractivity contribution in [2.45, 2.75) is 38.1 Å². The quantitative estimate of drug-likeness (QED) is 0.597. The number of carbonyl (C=O) groups excluding carboxylic acids is 3. The third-order valence-corrected chi connectivity index (χ3v) is 5.33. The summed E-state index contributed by atoms with van der Waals surface area (Å²) in [6, 6.07) is 7.04. The topological polar surface area (TPSA) is 108 Å². The SMILES string of the molecule is COC(=O)C1=C(Nc2ccccc2C(=O)NC2CCCCC2)C(=O)N(CCO)C1. The molecule has 0 saturated heterocycles. The molecule has 0 radical (unpaired) electrons. The van der Waals surface area contributed by atoms with Crippen LogP contribution < -0.4 is 10.6 Å². The standard InChI is InChI=1S/C21H27N3O5/c1-29-21(28)16-13-24(11-12-25)20(27)18(16)23-17-10-6-5-9-15(17)19(26)22-14-7-3-2-4-8-14/h5-6,9-10,14,23,25H,2-4,7-8,11-13H2,1H3,(H,22,26). The molecule has 8 heteroatoms. The monoisotopic (exact) mass is 401 g/mol. The maximum Gasteiger partial charge on any atom is 0.337 e. The predicted molar refractivity (Wildman–Crippen MR) is 107 cm³/mol. The first-order chi connectivity index (χ1) is 14.0. The summed E-state index contributed by atoms with van der Waals surface area (Å²) in [4.78, 5) is 39.1. The lowest BCUT2D eigenvalue weighted by Crippen LogP contribution is -2.36. The normalized spacial score (nSPS) is 17.4. The summed E-state index contributed by atoms with van der Waals surface area (Å²) < 4.78 is 4.80. The number of ether oxygens (including phenoxy) is 1. The fourth-order valence-corrected chi connectivity index (χ4v) is 3.78. The maximum atomic E-state index is 12.8. The summed E-state index contributed by atoms with van der Waals surface area (Å²) in [7, 11) is 1.25. The lowest BCUT2D eigenvalue weighted by Gasteiger charge is -2.23. The number of carbonyl (C=O) groups is 3. The number of aliphatic hydroxyl groups excluding tert-OH is 1. The first-order valence-electron chi connectivity index (χ1n) is 9.93. The molecule has 1 aliphatic heterocycles. The third kappa shape index (κ3) is 4.76. The van der Waals surface area contributed by atoms with E-state index in [1.807, 2.05) is 0 Å². The van der Waals surface area contributed by atoms with Crippen LogP contribution in [0.15, 0.2) is 35.5 Å². The molecule has 1 aromatic carbocycles. The molecule has 0 unspecified atom stereocenters. The molecule has 2 aliphatic rings. The van der Waals surface area contributed by atoms with Crippen molar-refractivity contribution >= 4 is 23.5 Å². The molecule has 156 valence electrons. The number of methoxy groups -OCH3 is 1. The highest BCUT2D eigenvalue weighted by Gasteiger charge is 2.35. The molecule has 3 N–H and O–H groups in total. The molecular weight excluding hydrogens is 374 g/mol. The van der Waals surface area contributed by atoms with Crippen LogP contribution in [0.5, 0.6) is 0 Å². The first-order valence-corrected chi connectivity index (χ1v) is 9.93. The highest BCUT2D eigenvalue weighted by molar-refractivity contribution is 6.09. The van der Waals surface area contributed by atoms with Gasteiger partial charge in [-0.3, -0.25) is 9.59 Å². The van der Waals surface area contributed by atoms with E-state index >= 15 is 0 Å². The Hall–Kier alpha value is -2.87. The number of hydrogen-bond donors (Lipinski definition) is 3. The van der Waals surface area contributed by atoms with Gasteiger partial charge in [-0.1, -0.05) is 31.4 Å². The molecule has 1 aliphatic carbocycles. The van der Waals surface area contributed by atoms with Crippen LogP contribution in [-0.4, -0.2) is 60.6 Å². The van der Waals surface area contributed by atoms with Crippen molar-refractivity contribution < 1.29 is 24.2 Å². The van der Waals surface area contributed by atoms with Gasteiger partial charge in [-0.05, 0) is 25.0 Å². The Morgan fingerprint density at radius 3 is 2.62 bits per heavy atom. The third-order valence-electron chi connectivity index (χ3n) is 5.33. The molecule has 0 atom stereocenters. The second-order valence-corrected chi connectivity index (χ2v) is 7.27. The van der Waals surface area contributed by atoms with Gasteiger partial charge in [0, 0.05) is 12.6 Å². The fourth-order valence-electron chi connectivity index (χ4n) is 3.78. The number of rotatable bonds is 7. The lowest BCUT2D eigenvalue weighted by molar-refractivity contribution is -0.136. The molecule has 2 amide bonds.